The minimum Gasteiger partial charge on any atom is -0.368 e. The number of carbonyl (C=O) groups is 1. The van der Waals surface area contributed by atoms with Crippen molar-refractivity contribution in [2.75, 3.05) is 0 Å². The van der Waals surface area contributed by atoms with E-state index in [0.29, 0.717) is 17.5 Å². The van der Waals surface area contributed by atoms with E-state index >= 15 is 0 Å². The van der Waals surface area contributed by atoms with E-state index < -0.39 is 5.54 Å². The number of benzene rings is 1. The van der Waals surface area contributed by atoms with Crippen molar-refractivity contribution in [1.82, 2.24) is 5.32 Å². The zero-order chi connectivity index (χ0) is 13.9. The zero-order valence-corrected chi connectivity index (χ0v) is 12.0. The molecule has 1 saturated carbocycles. The molecule has 1 atom stereocenters. The second kappa shape index (κ2) is 5.93. The Balaban J connectivity index is 2.32. The summed E-state index contributed by atoms with van der Waals surface area (Å²) < 4.78 is 0. The van der Waals surface area contributed by atoms with Crippen molar-refractivity contribution in [2.45, 2.75) is 50.6 Å². The average Bonchev–Trinajstić information content (AvgIpc) is 2.89. The standard InChI is InChI=1S/C15H21ClN2O/c1-2-15(14(17)19,18-13-5-3-4-6-13)11-7-9-12(16)10-8-11/h7-10,13,18H,2-6H2,1H3,(H2,17,19). The van der Waals surface area contributed by atoms with Crippen molar-refractivity contribution in [3.8, 4) is 0 Å². The van der Waals surface area contributed by atoms with E-state index in [1.54, 1.807) is 12.1 Å². The van der Waals surface area contributed by atoms with Gasteiger partial charge in [-0.3, -0.25) is 10.1 Å². The minimum absolute atomic E-state index is 0.316. The topological polar surface area (TPSA) is 55.1 Å². The molecule has 0 bridgehead atoms. The van der Waals surface area contributed by atoms with Crippen LogP contribution < -0.4 is 11.1 Å². The fourth-order valence-corrected chi connectivity index (χ4v) is 3.06. The number of hydrogen-bond donors (Lipinski definition) is 2. The summed E-state index contributed by atoms with van der Waals surface area (Å²) in [6.07, 6.45) is 5.30. The Labute approximate surface area is 119 Å². The summed E-state index contributed by atoms with van der Waals surface area (Å²) in [5, 5.41) is 4.16. The lowest BCUT2D eigenvalue weighted by Crippen LogP contribution is -2.55. The van der Waals surface area contributed by atoms with Gasteiger partial charge in [-0.15, -0.1) is 0 Å². The minimum atomic E-state index is -0.778. The summed E-state index contributed by atoms with van der Waals surface area (Å²) >= 11 is 5.92. The van der Waals surface area contributed by atoms with Crippen LogP contribution in [-0.4, -0.2) is 11.9 Å². The van der Waals surface area contributed by atoms with Crippen LogP contribution in [0.3, 0.4) is 0 Å². The summed E-state index contributed by atoms with van der Waals surface area (Å²) in [5.74, 6) is -0.316. The monoisotopic (exact) mass is 280 g/mol. The van der Waals surface area contributed by atoms with Crippen LogP contribution in [0.2, 0.25) is 5.02 Å². The van der Waals surface area contributed by atoms with Crippen molar-refractivity contribution in [1.29, 1.82) is 0 Å². The summed E-state index contributed by atoms with van der Waals surface area (Å²) in [4.78, 5) is 12.1. The second-order valence-electron chi connectivity index (χ2n) is 5.26. The van der Waals surface area contributed by atoms with Crippen molar-refractivity contribution >= 4 is 17.5 Å². The molecule has 1 amide bonds. The van der Waals surface area contributed by atoms with Gasteiger partial charge in [-0.1, -0.05) is 43.5 Å². The predicted octanol–water partition coefficient (Wildman–Crippen LogP) is 2.96. The van der Waals surface area contributed by atoms with E-state index in [1.165, 1.54) is 12.8 Å². The van der Waals surface area contributed by atoms with Crippen LogP contribution in [0.1, 0.15) is 44.6 Å². The number of nitrogens with one attached hydrogen (secondary N) is 1. The molecule has 0 aromatic heterocycles. The van der Waals surface area contributed by atoms with Crippen LogP contribution in [-0.2, 0) is 10.3 Å². The molecule has 104 valence electrons. The summed E-state index contributed by atoms with van der Waals surface area (Å²) in [6, 6.07) is 7.77. The number of halogens is 1. The van der Waals surface area contributed by atoms with Gasteiger partial charge in [0.25, 0.3) is 0 Å². The van der Waals surface area contributed by atoms with E-state index in [-0.39, 0.29) is 5.91 Å². The molecule has 0 spiro atoms. The SMILES string of the molecule is CCC(NC1CCCC1)(C(N)=O)c1ccc(Cl)cc1. The molecule has 4 heteroatoms. The quantitative estimate of drug-likeness (QED) is 0.871. The van der Waals surface area contributed by atoms with E-state index in [0.717, 1.165) is 18.4 Å². The number of primary amides is 1. The fraction of sp³-hybridized carbons (Fsp3) is 0.533. The highest BCUT2D eigenvalue weighted by Gasteiger charge is 2.38. The smallest absolute Gasteiger partial charge is 0.242 e. The molecule has 1 aromatic carbocycles. The van der Waals surface area contributed by atoms with Crippen LogP contribution in [0.4, 0.5) is 0 Å². The Bertz CT molecular complexity index is 440. The highest BCUT2D eigenvalue weighted by atomic mass is 35.5. The highest BCUT2D eigenvalue weighted by Crippen LogP contribution is 2.30. The normalized spacial score (nSPS) is 19.3. The van der Waals surface area contributed by atoms with Gasteiger partial charge in [0.05, 0.1) is 0 Å². The van der Waals surface area contributed by atoms with Gasteiger partial charge in [-0.25, -0.2) is 0 Å². The molecule has 0 aliphatic heterocycles. The molecular weight excluding hydrogens is 260 g/mol. The second-order valence-corrected chi connectivity index (χ2v) is 5.69. The van der Waals surface area contributed by atoms with Crippen LogP contribution in [0, 0.1) is 0 Å². The van der Waals surface area contributed by atoms with Gasteiger partial charge < -0.3 is 5.73 Å². The molecule has 0 heterocycles. The molecule has 1 aromatic rings. The first-order chi connectivity index (χ1) is 9.08. The first kappa shape index (κ1) is 14.4. The van der Waals surface area contributed by atoms with E-state index in [2.05, 4.69) is 5.32 Å². The molecule has 1 aliphatic rings. The van der Waals surface area contributed by atoms with Crippen molar-refractivity contribution in [3.05, 3.63) is 34.9 Å². The van der Waals surface area contributed by atoms with E-state index in [1.807, 2.05) is 19.1 Å². The van der Waals surface area contributed by atoms with Crippen LogP contribution >= 0.6 is 11.6 Å². The highest BCUT2D eigenvalue weighted by molar-refractivity contribution is 6.30. The number of nitrogens with two attached hydrogens (primary N) is 1. The van der Waals surface area contributed by atoms with Crippen LogP contribution in [0.15, 0.2) is 24.3 Å². The maximum Gasteiger partial charge on any atom is 0.242 e. The molecule has 1 fully saturated rings. The molecule has 19 heavy (non-hydrogen) atoms. The maximum absolute atomic E-state index is 12.1. The lowest BCUT2D eigenvalue weighted by molar-refractivity contribution is -0.125. The van der Waals surface area contributed by atoms with Crippen molar-refractivity contribution in [3.63, 3.8) is 0 Å². The van der Waals surface area contributed by atoms with Crippen LogP contribution in [0.25, 0.3) is 0 Å². The lowest BCUT2D eigenvalue weighted by atomic mass is 9.85. The van der Waals surface area contributed by atoms with Gasteiger partial charge in [-0.05, 0) is 37.0 Å². The first-order valence-corrected chi connectivity index (χ1v) is 7.30. The van der Waals surface area contributed by atoms with Gasteiger partial charge >= 0.3 is 0 Å². The molecule has 1 aliphatic carbocycles. The zero-order valence-electron chi connectivity index (χ0n) is 11.3. The van der Waals surface area contributed by atoms with Gasteiger partial charge in [0.1, 0.15) is 5.54 Å². The third kappa shape index (κ3) is 2.93. The molecule has 3 N–H and O–H groups in total. The summed E-state index contributed by atoms with van der Waals surface area (Å²) in [7, 11) is 0. The van der Waals surface area contributed by atoms with E-state index in [4.69, 9.17) is 17.3 Å². The molecule has 1 unspecified atom stereocenters. The van der Waals surface area contributed by atoms with Crippen LogP contribution in [0.5, 0.6) is 0 Å². The van der Waals surface area contributed by atoms with Gasteiger partial charge in [0.15, 0.2) is 0 Å². The molecular formula is C15H21ClN2O. The maximum atomic E-state index is 12.1. The Kier molecular flexibility index (Phi) is 4.48. The third-order valence-electron chi connectivity index (χ3n) is 4.09. The first-order valence-electron chi connectivity index (χ1n) is 6.92. The molecule has 2 rings (SSSR count). The van der Waals surface area contributed by atoms with Crippen molar-refractivity contribution < 1.29 is 4.79 Å². The van der Waals surface area contributed by atoms with Crippen molar-refractivity contribution in [2.24, 2.45) is 5.73 Å². The predicted molar refractivity (Wildman–Crippen MR) is 78.0 cm³/mol. The Morgan fingerprint density at radius 3 is 2.42 bits per heavy atom. The number of hydrogen-bond acceptors (Lipinski definition) is 2. The molecule has 0 radical (unpaired) electrons. The summed E-state index contributed by atoms with van der Waals surface area (Å²) in [5.41, 5.74) is 5.82. The largest absolute Gasteiger partial charge is 0.368 e. The van der Waals surface area contributed by atoms with Gasteiger partial charge in [-0.2, -0.15) is 0 Å². The van der Waals surface area contributed by atoms with E-state index in [9.17, 15) is 4.79 Å². The van der Waals surface area contributed by atoms with Gasteiger partial charge in [0, 0.05) is 11.1 Å². The lowest BCUT2D eigenvalue weighted by Gasteiger charge is -2.34. The number of carbonyl (C=O) groups excluding carboxylic acids is 1. The molecule has 3 nitrogen and oxygen atoms in total. The Morgan fingerprint density at radius 1 is 1.37 bits per heavy atom. The fourth-order valence-electron chi connectivity index (χ4n) is 2.93. The Hall–Kier alpha value is -1.06. The third-order valence-corrected chi connectivity index (χ3v) is 4.35. The number of amides is 1. The average molecular weight is 281 g/mol. The van der Waals surface area contributed by atoms with Gasteiger partial charge in [0.2, 0.25) is 5.91 Å². The Morgan fingerprint density at radius 2 is 1.95 bits per heavy atom. The summed E-state index contributed by atoms with van der Waals surface area (Å²) in [6.45, 7) is 1.99. The number of rotatable bonds is 5. The molecule has 0 saturated heterocycles.